The highest BCUT2D eigenvalue weighted by Gasteiger charge is 2.47. The number of hydrogen-bond acceptors (Lipinski definition) is 7. The first kappa shape index (κ1) is 32.9. The van der Waals surface area contributed by atoms with Crippen LogP contribution in [-0.4, -0.2) is 70.0 Å². The van der Waals surface area contributed by atoms with E-state index in [4.69, 9.17) is 4.74 Å². The van der Waals surface area contributed by atoms with Crippen molar-refractivity contribution in [2.75, 3.05) is 25.5 Å². The van der Waals surface area contributed by atoms with Crippen LogP contribution in [0.4, 0.5) is 16.2 Å². The molecular formula is C34H37N5O8. The molecule has 3 aromatic rings. The van der Waals surface area contributed by atoms with Gasteiger partial charge in [0, 0.05) is 30.9 Å². The van der Waals surface area contributed by atoms with Crippen molar-refractivity contribution >= 4 is 35.2 Å². The first-order valence-electron chi connectivity index (χ1n) is 15.5. The Bertz CT molecular complexity index is 1610. The fourth-order valence-corrected chi connectivity index (χ4v) is 6.50. The first-order valence-corrected chi connectivity index (χ1v) is 15.5. The minimum Gasteiger partial charge on any atom is -0.497 e. The van der Waals surface area contributed by atoms with Gasteiger partial charge in [0.25, 0.3) is 11.6 Å². The molecule has 1 saturated carbocycles. The Hall–Kier alpha value is -5.46. The monoisotopic (exact) mass is 643 g/mol. The third kappa shape index (κ3) is 7.68. The summed E-state index contributed by atoms with van der Waals surface area (Å²) >= 11 is 0. The van der Waals surface area contributed by atoms with Crippen LogP contribution in [0.3, 0.4) is 0 Å². The van der Waals surface area contributed by atoms with Gasteiger partial charge in [-0.25, -0.2) is 4.79 Å². The number of carboxylic acids is 1. The number of aliphatic carboxylic acids is 1. The summed E-state index contributed by atoms with van der Waals surface area (Å²) in [4.78, 5) is 67.7. The molecule has 1 aliphatic heterocycles. The fraction of sp³-hybridized carbons (Fsp3) is 0.353. The maximum atomic E-state index is 14.5. The minimum atomic E-state index is -1.41. The van der Waals surface area contributed by atoms with Gasteiger partial charge in [0.05, 0.1) is 30.4 Å². The van der Waals surface area contributed by atoms with Gasteiger partial charge in [-0.05, 0) is 54.2 Å². The van der Waals surface area contributed by atoms with Crippen LogP contribution < -0.4 is 15.4 Å². The highest BCUT2D eigenvalue weighted by atomic mass is 16.6. The Morgan fingerprint density at radius 2 is 1.60 bits per heavy atom. The summed E-state index contributed by atoms with van der Waals surface area (Å²) in [7, 11) is 1.52. The number of urea groups is 1. The van der Waals surface area contributed by atoms with Crippen molar-refractivity contribution in [3.05, 3.63) is 100 Å². The molecule has 3 aromatic carbocycles. The van der Waals surface area contributed by atoms with Crippen LogP contribution >= 0.6 is 0 Å². The number of ether oxygens (including phenoxy) is 1. The lowest BCUT2D eigenvalue weighted by Gasteiger charge is -2.34. The van der Waals surface area contributed by atoms with E-state index in [1.807, 2.05) is 30.3 Å². The van der Waals surface area contributed by atoms with E-state index < -0.39 is 47.4 Å². The van der Waals surface area contributed by atoms with E-state index in [2.05, 4.69) is 10.6 Å². The number of carboxylic acid groups (broad SMARTS) is 1. The zero-order valence-corrected chi connectivity index (χ0v) is 25.9. The molecule has 2 aliphatic rings. The van der Waals surface area contributed by atoms with Crippen molar-refractivity contribution in [2.24, 2.45) is 5.92 Å². The van der Waals surface area contributed by atoms with Crippen molar-refractivity contribution in [3.63, 3.8) is 0 Å². The maximum Gasteiger partial charge on any atom is 0.323 e. The standard InChI is InChI=1S/C34H37N5O8/c1-47-27-16-14-25(15-17-27)35-34(44)38-19-18-37(33(43)30(23-10-5-6-11-23)22-8-3-2-4-9-22)32(38)31(42)36-28(21-29(40)41)24-12-7-13-26(20-24)39(45)46/h2-4,7-9,12-17,20,23,28,30,32H,5-6,10-11,18-19,21H2,1H3,(H,35,44)(H,36,42)(H,40,41). The Morgan fingerprint density at radius 3 is 2.23 bits per heavy atom. The van der Waals surface area contributed by atoms with Gasteiger partial charge in [0.1, 0.15) is 5.75 Å². The number of nitro benzene ring substituents is 1. The van der Waals surface area contributed by atoms with Crippen LogP contribution in [0.15, 0.2) is 78.9 Å². The topological polar surface area (TPSA) is 171 Å². The van der Waals surface area contributed by atoms with Gasteiger partial charge in [-0.15, -0.1) is 0 Å². The van der Waals surface area contributed by atoms with E-state index in [1.54, 1.807) is 24.3 Å². The molecule has 0 radical (unpaired) electrons. The number of amides is 4. The second-order valence-electron chi connectivity index (χ2n) is 11.7. The van der Waals surface area contributed by atoms with Gasteiger partial charge in [-0.1, -0.05) is 55.3 Å². The summed E-state index contributed by atoms with van der Waals surface area (Å²) in [5.74, 6) is -2.22. The average Bonchev–Trinajstić information content (AvgIpc) is 3.76. The molecule has 0 aromatic heterocycles. The number of non-ortho nitro benzene ring substituents is 1. The van der Waals surface area contributed by atoms with Crippen molar-refractivity contribution < 1.29 is 33.9 Å². The minimum absolute atomic E-state index is 0.0401. The van der Waals surface area contributed by atoms with E-state index in [1.165, 1.54) is 41.2 Å². The zero-order chi connectivity index (χ0) is 33.5. The molecule has 5 rings (SSSR count). The van der Waals surface area contributed by atoms with Gasteiger partial charge >= 0.3 is 12.0 Å². The van der Waals surface area contributed by atoms with Crippen LogP contribution in [0.5, 0.6) is 5.75 Å². The SMILES string of the molecule is COc1ccc(NC(=O)N2CCN(C(=O)C(c3ccccc3)C3CCCC3)C2C(=O)NC(CC(=O)O)c2cccc([N+](=O)[O-])c2)cc1. The van der Waals surface area contributed by atoms with Crippen molar-refractivity contribution in [1.82, 2.24) is 15.1 Å². The Balaban J connectivity index is 1.48. The van der Waals surface area contributed by atoms with Crippen molar-refractivity contribution in [2.45, 2.75) is 50.2 Å². The second-order valence-corrected chi connectivity index (χ2v) is 11.7. The van der Waals surface area contributed by atoms with Gasteiger partial charge in [0.15, 0.2) is 6.17 Å². The van der Waals surface area contributed by atoms with Crippen LogP contribution in [0.2, 0.25) is 0 Å². The molecule has 13 heteroatoms. The third-order valence-electron chi connectivity index (χ3n) is 8.77. The summed E-state index contributed by atoms with van der Waals surface area (Å²) < 4.78 is 5.19. The molecule has 47 heavy (non-hydrogen) atoms. The molecular weight excluding hydrogens is 606 g/mol. The van der Waals surface area contributed by atoms with E-state index >= 15 is 0 Å². The lowest BCUT2D eigenvalue weighted by atomic mass is 9.83. The number of nitrogens with one attached hydrogen (secondary N) is 2. The van der Waals surface area contributed by atoms with Gasteiger partial charge in [0.2, 0.25) is 5.91 Å². The third-order valence-corrected chi connectivity index (χ3v) is 8.77. The smallest absolute Gasteiger partial charge is 0.323 e. The average molecular weight is 644 g/mol. The lowest BCUT2D eigenvalue weighted by Crippen LogP contribution is -2.56. The number of hydrogen-bond donors (Lipinski definition) is 3. The molecule has 1 saturated heterocycles. The van der Waals surface area contributed by atoms with Crippen molar-refractivity contribution in [1.29, 1.82) is 0 Å². The van der Waals surface area contributed by atoms with E-state index in [-0.39, 0.29) is 36.2 Å². The van der Waals surface area contributed by atoms with E-state index in [0.717, 1.165) is 31.2 Å². The molecule has 246 valence electrons. The molecule has 3 atom stereocenters. The van der Waals surface area contributed by atoms with E-state index in [0.29, 0.717) is 11.4 Å². The Morgan fingerprint density at radius 1 is 0.936 bits per heavy atom. The molecule has 0 spiro atoms. The predicted molar refractivity (Wildman–Crippen MR) is 172 cm³/mol. The summed E-state index contributed by atoms with van der Waals surface area (Å²) in [5.41, 5.74) is 1.19. The van der Waals surface area contributed by atoms with E-state index in [9.17, 15) is 34.4 Å². The summed E-state index contributed by atoms with van der Waals surface area (Å²) in [6.45, 7) is 0.113. The van der Waals surface area contributed by atoms with Crippen LogP contribution in [0.25, 0.3) is 0 Å². The summed E-state index contributed by atoms with van der Waals surface area (Å²) in [5, 5.41) is 26.6. The molecule has 1 heterocycles. The number of benzene rings is 3. The lowest BCUT2D eigenvalue weighted by molar-refractivity contribution is -0.384. The number of methoxy groups -OCH3 is 1. The van der Waals surface area contributed by atoms with Gasteiger partial charge in [-0.3, -0.25) is 29.4 Å². The van der Waals surface area contributed by atoms with Gasteiger partial charge < -0.3 is 25.4 Å². The summed E-state index contributed by atoms with van der Waals surface area (Å²) in [6.07, 6.45) is 1.68. The maximum absolute atomic E-state index is 14.5. The number of nitro groups is 1. The molecule has 2 fully saturated rings. The van der Waals surface area contributed by atoms with Gasteiger partial charge in [-0.2, -0.15) is 0 Å². The van der Waals surface area contributed by atoms with Crippen LogP contribution in [0.1, 0.15) is 55.2 Å². The Labute approximate surface area is 271 Å². The molecule has 3 unspecified atom stereocenters. The fourth-order valence-electron chi connectivity index (χ4n) is 6.50. The highest BCUT2D eigenvalue weighted by molar-refractivity contribution is 5.97. The molecule has 0 bridgehead atoms. The number of carbonyl (C=O) groups excluding carboxylic acids is 3. The Kier molecular flexibility index (Phi) is 10.3. The normalized spacial score (nSPS) is 17.5. The quantitative estimate of drug-likeness (QED) is 0.195. The number of anilines is 1. The van der Waals surface area contributed by atoms with Crippen LogP contribution in [0, 0.1) is 16.0 Å². The largest absolute Gasteiger partial charge is 0.497 e. The predicted octanol–water partition coefficient (Wildman–Crippen LogP) is 4.91. The summed E-state index contributed by atoms with van der Waals surface area (Å²) in [6, 6.07) is 19.5. The molecule has 13 nitrogen and oxygen atoms in total. The molecule has 4 amide bonds. The first-order chi connectivity index (χ1) is 22.7. The molecule has 3 N–H and O–H groups in total. The zero-order valence-electron chi connectivity index (χ0n) is 25.9. The number of rotatable bonds is 11. The second kappa shape index (κ2) is 14.8. The van der Waals surface area contributed by atoms with Crippen molar-refractivity contribution in [3.8, 4) is 5.75 Å². The number of nitrogens with zero attached hydrogens (tertiary/aromatic N) is 3. The highest BCUT2D eigenvalue weighted by Crippen LogP contribution is 2.39. The number of carbonyl (C=O) groups is 4. The van der Waals surface area contributed by atoms with Crippen LogP contribution in [-0.2, 0) is 14.4 Å². The molecule has 1 aliphatic carbocycles.